The molecule has 2 heteroatoms. The first-order chi connectivity index (χ1) is 9.61. The number of hydrogen-bond donors (Lipinski definition) is 0. The van der Waals surface area contributed by atoms with E-state index in [1.54, 1.807) is 13.2 Å². The second-order valence-electron chi connectivity index (χ2n) is 4.83. The Labute approximate surface area is 119 Å². The molecule has 0 saturated heterocycles. The molecule has 0 spiro atoms. The van der Waals surface area contributed by atoms with Crippen molar-refractivity contribution in [1.29, 1.82) is 0 Å². The Morgan fingerprint density at radius 3 is 2.20 bits per heavy atom. The van der Waals surface area contributed by atoms with Crippen molar-refractivity contribution in [2.45, 2.75) is 12.3 Å². The third-order valence-corrected chi connectivity index (χ3v) is 3.61. The summed E-state index contributed by atoms with van der Waals surface area (Å²) in [5.74, 6) is 0.811. The molecule has 1 atom stereocenters. The summed E-state index contributed by atoms with van der Waals surface area (Å²) in [6.45, 7) is 5.73. The van der Waals surface area contributed by atoms with Crippen LogP contribution in [-0.4, -0.2) is 12.9 Å². The molecular weight excluding hydrogens is 248 g/mol. The van der Waals surface area contributed by atoms with Gasteiger partial charge < -0.3 is 4.74 Å². The van der Waals surface area contributed by atoms with Crippen LogP contribution in [0.1, 0.15) is 22.8 Å². The summed E-state index contributed by atoms with van der Waals surface area (Å²) < 4.78 is 5.15. The van der Waals surface area contributed by atoms with Gasteiger partial charge in [-0.15, -0.1) is 6.58 Å². The normalized spacial score (nSPS) is 13.3. The zero-order chi connectivity index (χ0) is 14.6. The quantitative estimate of drug-likeness (QED) is 0.603. The number of carbonyl (C=O) groups is 1. The summed E-state index contributed by atoms with van der Waals surface area (Å²) in [6.07, 6.45) is 1.70. The molecule has 0 aliphatic heterocycles. The highest BCUT2D eigenvalue weighted by molar-refractivity contribution is 6.05. The number of ketones is 1. The van der Waals surface area contributed by atoms with Gasteiger partial charge in [0.15, 0.2) is 5.78 Å². The van der Waals surface area contributed by atoms with Crippen LogP contribution in [0.3, 0.4) is 0 Å². The van der Waals surface area contributed by atoms with E-state index in [1.165, 1.54) is 0 Å². The van der Waals surface area contributed by atoms with Gasteiger partial charge in [0.25, 0.3) is 0 Å². The largest absolute Gasteiger partial charge is 0.497 e. The fourth-order valence-electron chi connectivity index (χ4n) is 2.17. The third-order valence-electron chi connectivity index (χ3n) is 3.61. The minimum absolute atomic E-state index is 0.0401. The van der Waals surface area contributed by atoms with Gasteiger partial charge in [0.05, 0.1) is 12.5 Å². The fourth-order valence-corrected chi connectivity index (χ4v) is 2.17. The number of carbonyl (C=O) groups excluding carboxylic acids is 1. The minimum Gasteiger partial charge on any atom is -0.497 e. The Morgan fingerprint density at radius 1 is 1.10 bits per heavy atom. The first-order valence-electron chi connectivity index (χ1n) is 6.50. The van der Waals surface area contributed by atoms with E-state index in [4.69, 9.17) is 4.74 Å². The molecular formula is C18H18O2. The number of allylic oxidation sites excluding steroid dienone is 1. The van der Waals surface area contributed by atoms with E-state index in [-0.39, 0.29) is 5.78 Å². The van der Waals surface area contributed by atoms with Crippen molar-refractivity contribution in [1.82, 2.24) is 0 Å². The third kappa shape index (κ3) is 2.50. The topological polar surface area (TPSA) is 26.3 Å². The number of ether oxygens (including phenoxy) is 1. The van der Waals surface area contributed by atoms with E-state index in [2.05, 4.69) is 6.58 Å². The lowest BCUT2D eigenvalue weighted by atomic mass is 9.76. The Kier molecular flexibility index (Phi) is 4.04. The first-order valence-corrected chi connectivity index (χ1v) is 6.50. The first kappa shape index (κ1) is 14.1. The predicted molar refractivity (Wildman–Crippen MR) is 81.3 cm³/mol. The van der Waals surface area contributed by atoms with Crippen molar-refractivity contribution in [2.75, 3.05) is 7.11 Å². The lowest BCUT2D eigenvalue weighted by Crippen LogP contribution is -2.30. The van der Waals surface area contributed by atoms with Crippen LogP contribution in [-0.2, 0) is 5.41 Å². The smallest absolute Gasteiger partial charge is 0.176 e. The zero-order valence-electron chi connectivity index (χ0n) is 11.8. The van der Waals surface area contributed by atoms with Crippen LogP contribution in [0.15, 0.2) is 67.3 Å². The highest BCUT2D eigenvalue weighted by Gasteiger charge is 2.32. The molecule has 20 heavy (non-hydrogen) atoms. The van der Waals surface area contributed by atoms with Crippen LogP contribution >= 0.6 is 0 Å². The van der Waals surface area contributed by atoms with E-state index >= 15 is 0 Å². The molecule has 2 rings (SSSR count). The fraction of sp³-hybridized carbons (Fsp3) is 0.167. The molecule has 0 N–H and O–H groups in total. The molecule has 0 amide bonds. The average Bonchev–Trinajstić information content (AvgIpc) is 2.54. The van der Waals surface area contributed by atoms with E-state index in [0.29, 0.717) is 5.56 Å². The second kappa shape index (κ2) is 5.74. The van der Waals surface area contributed by atoms with Crippen LogP contribution in [0.4, 0.5) is 0 Å². The second-order valence-corrected chi connectivity index (χ2v) is 4.83. The summed E-state index contributed by atoms with van der Waals surface area (Å²) in [5, 5.41) is 0. The molecule has 0 heterocycles. The molecule has 0 bridgehead atoms. The Bertz CT molecular complexity index is 599. The number of hydrogen-bond acceptors (Lipinski definition) is 2. The molecule has 2 nitrogen and oxygen atoms in total. The molecule has 0 radical (unpaired) electrons. The Balaban J connectivity index is 2.42. The Hall–Kier alpha value is -2.35. The Morgan fingerprint density at radius 2 is 1.70 bits per heavy atom. The summed E-state index contributed by atoms with van der Waals surface area (Å²) in [4.78, 5) is 12.8. The summed E-state index contributed by atoms with van der Waals surface area (Å²) in [7, 11) is 1.62. The monoisotopic (exact) mass is 266 g/mol. The number of methoxy groups -OCH3 is 1. The van der Waals surface area contributed by atoms with E-state index in [1.807, 2.05) is 61.5 Å². The van der Waals surface area contributed by atoms with Crippen molar-refractivity contribution in [3.63, 3.8) is 0 Å². The summed E-state index contributed by atoms with van der Waals surface area (Å²) in [6, 6.07) is 16.8. The molecule has 102 valence electrons. The molecule has 0 aliphatic rings. The molecule has 2 aromatic carbocycles. The molecule has 0 fully saturated rings. The van der Waals surface area contributed by atoms with E-state index in [9.17, 15) is 4.79 Å². The van der Waals surface area contributed by atoms with Gasteiger partial charge in [0.1, 0.15) is 5.75 Å². The maximum atomic E-state index is 12.8. The van der Waals surface area contributed by atoms with Crippen LogP contribution < -0.4 is 4.74 Å². The molecule has 0 unspecified atom stereocenters. The average molecular weight is 266 g/mol. The van der Waals surface area contributed by atoms with E-state index < -0.39 is 5.41 Å². The van der Waals surface area contributed by atoms with E-state index in [0.717, 1.165) is 11.3 Å². The molecule has 0 aliphatic carbocycles. The van der Waals surface area contributed by atoms with Crippen molar-refractivity contribution in [3.05, 3.63) is 78.4 Å². The van der Waals surface area contributed by atoms with Crippen LogP contribution in [0, 0.1) is 0 Å². The SMILES string of the molecule is C=C[C@@](C)(C(=O)c1ccccc1)c1ccc(OC)cc1. The van der Waals surface area contributed by atoms with Crippen molar-refractivity contribution in [2.24, 2.45) is 0 Å². The van der Waals surface area contributed by atoms with Crippen molar-refractivity contribution < 1.29 is 9.53 Å². The molecule has 2 aromatic rings. The standard InChI is InChI=1S/C18H18O2/c1-4-18(2,15-10-12-16(20-3)13-11-15)17(19)14-8-6-5-7-9-14/h4-13H,1H2,2-3H3/t18-/m1/s1. The van der Waals surface area contributed by atoms with Gasteiger partial charge in [0, 0.05) is 5.56 Å². The van der Waals surface area contributed by atoms with Crippen LogP contribution in [0.2, 0.25) is 0 Å². The highest BCUT2D eigenvalue weighted by atomic mass is 16.5. The number of rotatable bonds is 5. The van der Waals surface area contributed by atoms with Crippen molar-refractivity contribution in [3.8, 4) is 5.75 Å². The summed E-state index contributed by atoms with van der Waals surface area (Å²) in [5.41, 5.74) is 0.848. The molecule has 0 aromatic heterocycles. The highest BCUT2D eigenvalue weighted by Crippen LogP contribution is 2.30. The number of Topliss-reactive ketones (excluding diaryl/α,β-unsaturated/α-hetero) is 1. The van der Waals surface area contributed by atoms with Gasteiger partial charge in [-0.3, -0.25) is 4.79 Å². The maximum Gasteiger partial charge on any atom is 0.176 e. The maximum absolute atomic E-state index is 12.8. The van der Waals surface area contributed by atoms with Gasteiger partial charge in [0.2, 0.25) is 0 Å². The van der Waals surface area contributed by atoms with Crippen LogP contribution in [0.5, 0.6) is 5.75 Å². The van der Waals surface area contributed by atoms with Gasteiger partial charge in [-0.05, 0) is 24.6 Å². The lowest BCUT2D eigenvalue weighted by Gasteiger charge is -2.25. The van der Waals surface area contributed by atoms with Gasteiger partial charge in [-0.1, -0.05) is 48.5 Å². The minimum atomic E-state index is -0.742. The van der Waals surface area contributed by atoms with Gasteiger partial charge in [-0.25, -0.2) is 0 Å². The van der Waals surface area contributed by atoms with Gasteiger partial charge in [-0.2, -0.15) is 0 Å². The zero-order valence-corrected chi connectivity index (χ0v) is 11.8. The predicted octanol–water partition coefficient (Wildman–Crippen LogP) is 4.02. The van der Waals surface area contributed by atoms with Crippen LogP contribution in [0.25, 0.3) is 0 Å². The number of benzene rings is 2. The van der Waals surface area contributed by atoms with Gasteiger partial charge >= 0.3 is 0 Å². The summed E-state index contributed by atoms with van der Waals surface area (Å²) >= 11 is 0. The molecule has 0 saturated carbocycles. The van der Waals surface area contributed by atoms with Crippen molar-refractivity contribution >= 4 is 5.78 Å². The lowest BCUT2D eigenvalue weighted by molar-refractivity contribution is 0.0927.